The second-order valence-corrected chi connectivity index (χ2v) is 5.26. The monoisotopic (exact) mass is 245 g/mol. The van der Waals surface area contributed by atoms with Crippen LogP contribution in [0.4, 0.5) is 0 Å². The molecule has 2 aliphatic heterocycles. The van der Waals surface area contributed by atoms with Gasteiger partial charge in [0, 0.05) is 19.3 Å². The van der Waals surface area contributed by atoms with Crippen LogP contribution in [0.5, 0.6) is 0 Å². The average molecular weight is 245 g/mol. The summed E-state index contributed by atoms with van der Waals surface area (Å²) < 4.78 is 0. The fraction of sp³-hybridized carbons (Fsp3) is 0.571. The Hall–Kier alpha value is -1.42. The van der Waals surface area contributed by atoms with Crippen molar-refractivity contribution < 1.29 is 4.79 Å². The van der Waals surface area contributed by atoms with Crippen LogP contribution in [-0.2, 0) is 0 Å². The third-order valence-corrected chi connectivity index (χ3v) is 4.19. The first-order valence-corrected chi connectivity index (χ1v) is 6.75. The number of nitrogens with zero attached hydrogens (tertiary/aromatic N) is 2. The van der Waals surface area contributed by atoms with Crippen molar-refractivity contribution in [2.24, 2.45) is 11.8 Å². The number of likely N-dealkylation sites (tertiary alicyclic amines) is 1. The molecule has 2 aliphatic rings. The van der Waals surface area contributed by atoms with E-state index >= 15 is 0 Å². The van der Waals surface area contributed by atoms with Gasteiger partial charge in [0.25, 0.3) is 5.91 Å². The van der Waals surface area contributed by atoms with Crippen LogP contribution in [0.25, 0.3) is 0 Å². The molecule has 0 unspecified atom stereocenters. The van der Waals surface area contributed by atoms with E-state index in [2.05, 4.69) is 10.3 Å². The van der Waals surface area contributed by atoms with Gasteiger partial charge in [-0.2, -0.15) is 0 Å². The van der Waals surface area contributed by atoms with E-state index in [9.17, 15) is 4.79 Å². The Morgan fingerprint density at radius 1 is 1.22 bits per heavy atom. The van der Waals surface area contributed by atoms with Crippen molar-refractivity contribution in [2.45, 2.75) is 12.8 Å². The maximum Gasteiger partial charge on any atom is 0.272 e. The Morgan fingerprint density at radius 2 is 1.94 bits per heavy atom. The number of fused-ring (bicyclic) bond motifs is 1. The first-order chi connectivity index (χ1) is 8.84. The maximum atomic E-state index is 12.3. The van der Waals surface area contributed by atoms with Crippen LogP contribution in [0.1, 0.15) is 23.3 Å². The number of carbonyl (C=O) groups excluding carboxylic acids is 1. The highest BCUT2D eigenvalue weighted by molar-refractivity contribution is 5.92. The zero-order valence-electron chi connectivity index (χ0n) is 10.5. The van der Waals surface area contributed by atoms with Gasteiger partial charge in [-0.1, -0.05) is 6.07 Å². The summed E-state index contributed by atoms with van der Waals surface area (Å²) in [5, 5.41) is 3.45. The third kappa shape index (κ3) is 2.25. The van der Waals surface area contributed by atoms with Crippen molar-refractivity contribution in [3.05, 3.63) is 30.1 Å². The minimum atomic E-state index is 0.0866. The number of pyridine rings is 1. The van der Waals surface area contributed by atoms with Crippen LogP contribution >= 0.6 is 0 Å². The molecular formula is C14H19N3O. The topological polar surface area (TPSA) is 45.2 Å². The molecule has 1 amide bonds. The summed E-state index contributed by atoms with van der Waals surface area (Å²) in [5.74, 6) is 1.60. The molecule has 2 atom stereocenters. The predicted octanol–water partition coefficient (Wildman–Crippen LogP) is 1.15. The zero-order chi connectivity index (χ0) is 12.4. The smallest absolute Gasteiger partial charge is 0.272 e. The lowest BCUT2D eigenvalue weighted by atomic mass is 9.92. The number of rotatable bonds is 1. The molecule has 96 valence electrons. The number of aromatic nitrogens is 1. The van der Waals surface area contributed by atoms with Crippen LogP contribution < -0.4 is 5.32 Å². The molecule has 2 saturated heterocycles. The SMILES string of the molecule is O=C(c1ccccn1)N1CC[C@@H]2CNC[C@@H]2CC1. The zero-order valence-corrected chi connectivity index (χ0v) is 10.5. The molecule has 0 aromatic carbocycles. The van der Waals surface area contributed by atoms with E-state index in [0.717, 1.165) is 50.9 Å². The van der Waals surface area contributed by atoms with Crippen molar-refractivity contribution >= 4 is 5.91 Å². The molecule has 2 fully saturated rings. The molecule has 4 nitrogen and oxygen atoms in total. The molecular weight excluding hydrogens is 226 g/mol. The summed E-state index contributed by atoms with van der Waals surface area (Å²) in [6, 6.07) is 5.52. The first-order valence-electron chi connectivity index (χ1n) is 6.75. The largest absolute Gasteiger partial charge is 0.337 e. The average Bonchev–Trinajstić information content (AvgIpc) is 2.78. The number of nitrogens with one attached hydrogen (secondary N) is 1. The van der Waals surface area contributed by atoms with Gasteiger partial charge in [-0.25, -0.2) is 0 Å². The highest BCUT2D eigenvalue weighted by atomic mass is 16.2. The number of carbonyl (C=O) groups is 1. The summed E-state index contributed by atoms with van der Waals surface area (Å²) in [7, 11) is 0. The number of hydrogen-bond donors (Lipinski definition) is 1. The molecule has 0 bridgehead atoms. The van der Waals surface area contributed by atoms with Gasteiger partial charge in [0.15, 0.2) is 0 Å². The van der Waals surface area contributed by atoms with Crippen molar-refractivity contribution in [1.82, 2.24) is 15.2 Å². The molecule has 3 heterocycles. The molecule has 0 radical (unpaired) electrons. The molecule has 18 heavy (non-hydrogen) atoms. The van der Waals surface area contributed by atoms with Crippen LogP contribution in [0.3, 0.4) is 0 Å². The van der Waals surface area contributed by atoms with Crippen molar-refractivity contribution in [1.29, 1.82) is 0 Å². The molecule has 0 saturated carbocycles. The standard InChI is InChI=1S/C14H19N3O/c18-14(13-3-1-2-6-16-13)17-7-4-11-9-15-10-12(11)5-8-17/h1-3,6,11-12,15H,4-5,7-10H2/t11-,12+. The van der Waals surface area contributed by atoms with Crippen LogP contribution in [0, 0.1) is 11.8 Å². The van der Waals surface area contributed by atoms with Gasteiger partial charge in [-0.05, 0) is 49.9 Å². The van der Waals surface area contributed by atoms with E-state index in [1.165, 1.54) is 0 Å². The lowest BCUT2D eigenvalue weighted by Crippen LogP contribution is -2.33. The van der Waals surface area contributed by atoms with E-state index in [1.54, 1.807) is 12.3 Å². The van der Waals surface area contributed by atoms with E-state index in [4.69, 9.17) is 0 Å². The van der Waals surface area contributed by atoms with Crippen LogP contribution in [0.2, 0.25) is 0 Å². The fourth-order valence-corrected chi connectivity index (χ4v) is 3.07. The summed E-state index contributed by atoms with van der Waals surface area (Å²) in [4.78, 5) is 18.4. The predicted molar refractivity (Wildman–Crippen MR) is 69.2 cm³/mol. The van der Waals surface area contributed by atoms with Gasteiger partial charge in [0.05, 0.1) is 0 Å². The Labute approximate surface area is 107 Å². The molecule has 1 N–H and O–H groups in total. The maximum absolute atomic E-state index is 12.3. The highest BCUT2D eigenvalue weighted by Gasteiger charge is 2.31. The van der Waals surface area contributed by atoms with Gasteiger partial charge in [-0.15, -0.1) is 0 Å². The minimum absolute atomic E-state index is 0.0866. The summed E-state index contributed by atoms with van der Waals surface area (Å²) >= 11 is 0. The highest BCUT2D eigenvalue weighted by Crippen LogP contribution is 2.27. The fourth-order valence-electron chi connectivity index (χ4n) is 3.07. The third-order valence-electron chi connectivity index (χ3n) is 4.19. The number of amides is 1. The molecule has 0 aliphatic carbocycles. The quantitative estimate of drug-likeness (QED) is 0.807. The van der Waals surface area contributed by atoms with Crippen molar-refractivity contribution in [3.8, 4) is 0 Å². The Bertz CT molecular complexity index is 406. The second-order valence-electron chi connectivity index (χ2n) is 5.26. The summed E-state index contributed by atoms with van der Waals surface area (Å²) in [6.07, 6.45) is 3.93. The Morgan fingerprint density at radius 3 is 2.56 bits per heavy atom. The second kappa shape index (κ2) is 5.06. The Kier molecular flexibility index (Phi) is 3.28. The molecule has 0 spiro atoms. The normalized spacial score (nSPS) is 27.7. The summed E-state index contributed by atoms with van der Waals surface area (Å²) in [6.45, 7) is 3.99. The van der Waals surface area contributed by atoms with Crippen molar-refractivity contribution in [2.75, 3.05) is 26.2 Å². The molecule has 1 aromatic heterocycles. The lowest BCUT2D eigenvalue weighted by molar-refractivity contribution is 0.0752. The van der Waals surface area contributed by atoms with Gasteiger partial charge < -0.3 is 10.2 Å². The van der Waals surface area contributed by atoms with Gasteiger partial charge in [-0.3, -0.25) is 9.78 Å². The van der Waals surface area contributed by atoms with Crippen LogP contribution in [-0.4, -0.2) is 42.0 Å². The minimum Gasteiger partial charge on any atom is -0.337 e. The molecule has 4 heteroatoms. The van der Waals surface area contributed by atoms with E-state index < -0.39 is 0 Å². The van der Waals surface area contributed by atoms with E-state index in [1.807, 2.05) is 17.0 Å². The van der Waals surface area contributed by atoms with Gasteiger partial charge in [0.2, 0.25) is 0 Å². The number of hydrogen-bond acceptors (Lipinski definition) is 3. The first kappa shape index (κ1) is 11.7. The molecule has 3 rings (SSSR count). The molecule has 1 aromatic rings. The van der Waals surface area contributed by atoms with Crippen molar-refractivity contribution in [3.63, 3.8) is 0 Å². The Balaban J connectivity index is 1.68. The lowest BCUT2D eigenvalue weighted by Gasteiger charge is -2.20. The summed E-state index contributed by atoms with van der Waals surface area (Å²) in [5.41, 5.74) is 0.572. The van der Waals surface area contributed by atoms with E-state index in [-0.39, 0.29) is 5.91 Å². The van der Waals surface area contributed by atoms with Gasteiger partial charge >= 0.3 is 0 Å². The van der Waals surface area contributed by atoms with E-state index in [0.29, 0.717) is 5.69 Å². The van der Waals surface area contributed by atoms with Gasteiger partial charge in [0.1, 0.15) is 5.69 Å². The van der Waals surface area contributed by atoms with Crippen LogP contribution in [0.15, 0.2) is 24.4 Å².